The van der Waals surface area contributed by atoms with Crippen molar-refractivity contribution in [1.82, 2.24) is 19.6 Å². The van der Waals surface area contributed by atoms with E-state index < -0.39 is 12.6 Å². The molecule has 78 valence electrons. The van der Waals surface area contributed by atoms with Gasteiger partial charge in [0.25, 0.3) is 5.78 Å². The van der Waals surface area contributed by atoms with Crippen LogP contribution in [0.4, 0.5) is 0 Å². The molecule has 8 heteroatoms. The number of fused-ring (bicyclic) bond motifs is 1. The van der Waals surface area contributed by atoms with E-state index in [4.69, 9.17) is 9.84 Å². The number of carboxylic acid groups (broad SMARTS) is 1. The van der Waals surface area contributed by atoms with E-state index in [-0.39, 0.29) is 17.5 Å². The van der Waals surface area contributed by atoms with Gasteiger partial charge in [-0.3, -0.25) is 0 Å². The van der Waals surface area contributed by atoms with E-state index in [9.17, 15) is 9.90 Å². The monoisotopic (exact) mass is 210 g/mol. The van der Waals surface area contributed by atoms with Crippen LogP contribution in [0.1, 0.15) is 0 Å². The lowest BCUT2D eigenvalue weighted by atomic mass is 10.6. The molecule has 0 bridgehead atoms. The second-order valence-electron chi connectivity index (χ2n) is 2.61. The summed E-state index contributed by atoms with van der Waals surface area (Å²) in [5.74, 6) is -1.23. The zero-order valence-corrected chi connectivity index (χ0v) is 7.36. The molecule has 0 aromatic carbocycles. The number of hydrogen-bond acceptors (Lipinski definition) is 6. The quantitative estimate of drug-likeness (QED) is 0.688. The van der Waals surface area contributed by atoms with Gasteiger partial charge in [-0.15, -0.1) is 0 Å². The van der Waals surface area contributed by atoms with Gasteiger partial charge >= 0.3 is 5.97 Å². The van der Waals surface area contributed by atoms with Crippen molar-refractivity contribution in [1.29, 1.82) is 0 Å². The Kier molecular flexibility index (Phi) is 2.08. The Balaban J connectivity index is 2.32. The Morgan fingerprint density at radius 1 is 1.60 bits per heavy atom. The lowest BCUT2D eigenvalue weighted by Gasteiger charge is -2.02. The Labute approximate surface area is 82.8 Å². The largest absolute Gasteiger partial charge is 0.493 e. The first-order valence-corrected chi connectivity index (χ1v) is 3.91. The first kappa shape index (κ1) is 9.19. The molecule has 0 spiro atoms. The van der Waals surface area contributed by atoms with Crippen LogP contribution in [0.25, 0.3) is 5.78 Å². The predicted molar refractivity (Wildman–Crippen MR) is 45.6 cm³/mol. The van der Waals surface area contributed by atoms with Gasteiger partial charge in [0.1, 0.15) is 6.33 Å². The molecule has 2 N–H and O–H groups in total. The highest BCUT2D eigenvalue weighted by molar-refractivity contribution is 5.68. The van der Waals surface area contributed by atoms with Gasteiger partial charge in [0.05, 0.1) is 6.07 Å². The van der Waals surface area contributed by atoms with E-state index in [1.165, 1.54) is 6.33 Å². The smallest absolute Gasteiger partial charge is 0.341 e. The lowest BCUT2D eigenvalue weighted by Crippen LogP contribution is -2.10. The van der Waals surface area contributed by atoms with Crippen LogP contribution in [0.15, 0.2) is 12.4 Å². The minimum Gasteiger partial charge on any atom is -0.493 e. The fourth-order valence-corrected chi connectivity index (χ4v) is 0.985. The summed E-state index contributed by atoms with van der Waals surface area (Å²) in [6.07, 6.45) is 1.21. The fourth-order valence-electron chi connectivity index (χ4n) is 0.985. The summed E-state index contributed by atoms with van der Waals surface area (Å²) in [6, 6.07) is 1.16. The molecule has 0 aliphatic carbocycles. The summed E-state index contributed by atoms with van der Waals surface area (Å²) in [7, 11) is 0. The summed E-state index contributed by atoms with van der Waals surface area (Å²) in [6.45, 7) is -0.531. The zero-order chi connectivity index (χ0) is 10.8. The Morgan fingerprint density at radius 3 is 3.13 bits per heavy atom. The maximum atomic E-state index is 10.2. The summed E-state index contributed by atoms with van der Waals surface area (Å²) < 4.78 is 5.86. The van der Waals surface area contributed by atoms with Crippen LogP contribution in [0.2, 0.25) is 0 Å². The zero-order valence-electron chi connectivity index (χ0n) is 7.36. The van der Waals surface area contributed by atoms with Gasteiger partial charge in [0, 0.05) is 0 Å². The van der Waals surface area contributed by atoms with E-state index in [0.29, 0.717) is 0 Å². The van der Waals surface area contributed by atoms with E-state index in [1.807, 2.05) is 0 Å². The molecule has 0 unspecified atom stereocenters. The molecule has 0 aliphatic heterocycles. The topological polar surface area (TPSA) is 110 Å². The first-order chi connectivity index (χ1) is 7.16. The molecule has 2 heterocycles. The number of aromatic hydroxyl groups is 1. The average Bonchev–Trinajstić information content (AvgIpc) is 2.63. The molecule has 0 radical (unpaired) electrons. The molecule has 0 saturated carbocycles. The average molecular weight is 210 g/mol. The molecule has 0 saturated heterocycles. The molecule has 0 fully saturated rings. The van der Waals surface area contributed by atoms with Crippen molar-refractivity contribution in [3.8, 4) is 11.8 Å². The molecule has 2 aromatic heterocycles. The van der Waals surface area contributed by atoms with Gasteiger partial charge < -0.3 is 14.9 Å². The normalized spacial score (nSPS) is 10.4. The van der Waals surface area contributed by atoms with E-state index >= 15 is 0 Å². The second-order valence-corrected chi connectivity index (χ2v) is 2.61. The predicted octanol–water partition coefficient (Wildman–Crippen LogP) is -0.707. The molecule has 2 rings (SSSR count). The number of aliphatic carboxylic acids is 1. The van der Waals surface area contributed by atoms with Crippen LogP contribution >= 0.6 is 0 Å². The third-order valence-corrected chi connectivity index (χ3v) is 1.55. The SMILES string of the molecule is O=C(O)COc1cc(O)n2ncnc2n1. The van der Waals surface area contributed by atoms with E-state index in [1.54, 1.807) is 0 Å². The molecule has 0 aliphatic rings. The highest BCUT2D eigenvalue weighted by Crippen LogP contribution is 2.16. The summed E-state index contributed by atoms with van der Waals surface area (Å²) in [5, 5.41) is 21.4. The third-order valence-electron chi connectivity index (χ3n) is 1.55. The minimum absolute atomic E-state index is 0.0181. The van der Waals surface area contributed by atoms with Crippen molar-refractivity contribution in [3.05, 3.63) is 12.4 Å². The van der Waals surface area contributed by atoms with Crippen molar-refractivity contribution in [3.63, 3.8) is 0 Å². The highest BCUT2D eigenvalue weighted by Gasteiger charge is 2.08. The number of hydrogen-bond donors (Lipinski definition) is 2. The van der Waals surface area contributed by atoms with Gasteiger partial charge in [-0.25, -0.2) is 4.79 Å². The number of nitrogens with zero attached hydrogens (tertiary/aromatic N) is 4. The standard InChI is InChI=1S/C7H6N4O4/c12-5-1-4(15-2-6(13)14)10-7-8-3-9-11(5)7/h1,3,12H,2H2,(H,13,14). The number of aromatic nitrogens is 4. The first-order valence-electron chi connectivity index (χ1n) is 3.91. The van der Waals surface area contributed by atoms with Gasteiger partial charge in [0.15, 0.2) is 6.61 Å². The number of carboxylic acids is 1. The number of carbonyl (C=O) groups is 1. The van der Waals surface area contributed by atoms with Crippen LogP contribution in [-0.2, 0) is 4.79 Å². The minimum atomic E-state index is -1.13. The van der Waals surface area contributed by atoms with Gasteiger partial charge in [-0.05, 0) is 0 Å². The van der Waals surface area contributed by atoms with Crippen LogP contribution in [0.3, 0.4) is 0 Å². The van der Waals surface area contributed by atoms with Gasteiger partial charge in [-0.2, -0.15) is 19.6 Å². The number of rotatable bonds is 3. The fraction of sp³-hybridized carbons (Fsp3) is 0.143. The second kappa shape index (κ2) is 3.40. The lowest BCUT2D eigenvalue weighted by molar-refractivity contribution is -0.139. The van der Waals surface area contributed by atoms with Crippen molar-refractivity contribution < 1.29 is 19.7 Å². The van der Waals surface area contributed by atoms with Crippen LogP contribution in [0, 0.1) is 0 Å². The van der Waals surface area contributed by atoms with E-state index in [2.05, 4.69) is 15.1 Å². The number of ether oxygens (including phenoxy) is 1. The molecule has 15 heavy (non-hydrogen) atoms. The summed E-state index contributed by atoms with van der Waals surface area (Å²) in [5.41, 5.74) is 0. The summed E-state index contributed by atoms with van der Waals surface area (Å²) >= 11 is 0. The summed E-state index contributed by atoms with van der Waals surface area (Å²) in [4.78, 5) is 17.8. The van der Waals surface area contributed by atoms with E-state index in [0.717, 1.165) is 10.6 Å². The Morgan fingerprint density at radius 2 is 2.40 bits per heavy atom. The van der Waals surface area contributed by atoms with Gasteiger partial charge in [0.2, 0.25) is 11.8 Å². The molecule has 8 nitrogen and oxygen atoms in total. The van der Waals surface area contributed by atoms with Crippen molar-refractivity contribution >= 4 is 11.7 Å². The third kappa shape index (κ3) is 1.77. The maximum absolute atomic E-state index is 10.2. The van der Waals surface area contributed by atoms with Crippen molar-refractivity contribution in [2.75, 3.05) is 6.61 Å². The molecule has 0 amide bonds. The molecular weight excluding hydrogens is 204 g/mol. The highest BCUT2D eigenvalue weighted by atomic mass is 16.5. The Hall–Kier alpha value is -2.38. The van der Waals surface area contributed by atoms with Crippen molar-refractivity contribution in [2.45, 2.75) is 0 Å². The van der Waals surface area contributed by atoms with Crippen LogP contribution in [-0.4, -0.2) is 42.4 Å². The van der Waals surface area contributed by atoms with Crippen LogP contribution in [0.5, 0.6) is 11.8 Å². The molecular formula is C7H6N4O4. The Bertz CT molecular complexity index is 509. The molecule has 2 aromatic rings. The van der Waals surface area contributed by atoms with Crippen LogP contribution < -0.4 is 4.74 Å². The van der Waals surface area contributed by atoms with Gasteiger partial charge in [-0.1, -0.05) is 0 Å². The maximum Gasteiger partial charge on any atom is 0.341 e. The van der Waals surface area contributed by atoms with Crippen molar-refractivity contribution in [2.24, 2.45) is 0 Å². The molecule has 0 atom stereocenters.